The van der Waals surface area contributed by atoms with Crippen molar-refractivity contribution >= 4 is 29.2 Å². The van der Waals surface area contributed by atoms with E-state index in [0.29, 0.717) is 36.1 Å². The minimum Gasteiger partial charge on any atom is -0.409 e. The van der Waals surface area contributed by atoms with Crippen molar-refractivity contribution in [3.63, 3.8) is 0 Å². The molecule has 21 heavy (non-hydrogen) atoms. The second-order valence-electron chi connectivity index (χ2n) is 5.12. The SMILES string of the molecule is CC(C)CN(CCC(N)=NO)C(=O)Nc1ccc(Cl)cc1. The summed E-state index contributed by atoms with van der Waals surface area (Å²) in [7, 11) is 0. The van der Waals surface area contributed by atoms with Gasteiger partial charge in [0.05, 0.1) is 0 Å². The number of amides is 2. The van der Waals surface area contributed by atoms with Gasteiger partial charge in [0.25, 0.3) is 0 Å². The number of hydrogen-bond acceptors (Lipinski definition) is 3. The average molecular weight is 313 g/mol. The number of urea groups is 1. The van der Waals surface area contributed by atoms with Gasteiger partial charge in [-0.1, -0.05) is 30.6 Å². The van der Waals surface area contributed by atoms with Gasteiger partial charge in [-0.3, -0.25) is 0 Å². The molecule has 7 heteroatoms. The first kappa shape index (κ1) is 17.1. The molecule has 0 aromatic heterocycles. The van der Waals surface area contributed by atoms with Gasteiger partial charge in [0.2, 0.25) is 0 Å². The summed E-state index contributed by atoms with van der Waals surface area (Å²) in [4.78, 5) is 13.9. The molecular weight excluding hydrogens is 292 g/mol. The van der Waals surface area contributed by atoms with Crippen LogP contribution in [0.15, 0.2) is 29.4 Å². The molecule has 0 heterocycles. The van der Waals surface area contributed by atoms with Gasteiger partial charge in [0.15, 0.2) is 0 Å². The van der Waals surface area contributed by atoms with E-state index >= 15 is 0 Å². The summed E-state index contributed by atoms with van der Waals surface area (Å²) < 4.78 is 0. The number of hydrogen-bond donors (Lipinski definition) is 3. The summed E-state index contributed by atoms with van der Waals surface area (Å²) >= 11 is 5.81. The molecule has 0 saturated heterocycles. The molecule has 0 radical (unpaired) electrons. The van der Waals surface area contributed by atoms with Gasteiger partial charge in [-0.25, -0.2) is 4.79 Å². The smallest absolute Gasteiger partial charge is 0.321 e. The van der Waals surface area contributed by atoms with Gasteiger partial charge in [-0.05, 0) is 30.2 Å². The third-order valence-electron chi connectivity index (χ3n) is 2.73. The zero-order valence-electron chi connectivity index (χ0n) is 12.2. The van der Waals surface area contributed by atoms with E-state index < -0.39 is 0 Å². The molecule has 0 aliphatic heterocycles. The first-order valence-electron chi connectivity index (χ1n) is 6.70. The molecule has 0 bridgehead atoms. The van der Waals surface area contributed by atoms with Crippen molar-refractivity contribution in [2.45, 2.75) is 20.3 Å². The van der Waals surface area contributed by atoms with Crippen LogP contribution in [0.1, 0.15) is 20.3 Å². The molecule has 6 nitrogen and oxygen atoms in total. The lowest BCUT2D eigenvalue weighted by Crippen LogP contribution is -2.39. The van der Waals surface area contributed by atoms with Crippen LogP contribution in [0.2, 0.25) is 5.02 Å². The van der Waals surface area contributed by atoms with Crippen molar-refractivity contribution in [2.24, 2.45) is 16.8 Å². The highest BCUT2D eigenvalue weighted by Crippen LogP contribution is 2.14. The van der Waals surface area contributed by atoms with Crippen molar-refractivity contribution in [2.75, 3.05) is 18.4 Å². The Kier molecular flexibility index (Phi) is 6.81. The Morgan fingerprint density at radius 1 is 1.43 bits per heavy atom. The molecule has 1 rings (SSSR count). The van der Waals surface area contributed by atoms with E-state index in [1.807, 2.05) is 13.8 Å². The average Bonchev–Trinajstić information content (AvgIpc) is 2.45. The third-order valence-corrected chi connectivity index (χ3v) is 2.99. The van der Waals surface area contributed by atoms with Crippen molar-refractivity contribution in [1.29, 1.82) is 0 Å². The largest absolute Gasteiger partial charge is 0.409 e. The molecule has 1 aromatic carbocycles. The van der Waals surface area contributed by atoms with Gasteiger partial charge in [0, 0.05) is 30.2 Å². The van der Waals surface area contributed by atoms with Gasteiger partial charge in [-0.15, -0.1) is 0 Å². The maximum Gasteiger partial charge on any atom is 0.321 e. The standard InChI is InChI=1S/C14H21ClN4O2/c1-10(2)9-19(8-7-13(16)18-21)14(20)17-12-5-3-11(15)4-6-12/h3-6,10,21H,7-9H2,1-2H3,(H2,16,18)(H,17,20). The second kappa shape index (κ2) is 8.36. The molecule has 0 aliphatic carbocycles. The number of benzene rings is 1. The lowest BCUT2D eigenvalue weighted by Gasteiger charge is -2.24. The molecule has 2 amide bonds. The molecule has 0 atom stereocenters. The molecule has 0 fully saturated rings. The number of carbonyl (C=O) groups is 1. The Labute approximate surface area is 129 Å². The number of halogens is 1. The number of carbonyl (C=O) groups excluding carboxylic acids is 1. The third kappa shape index (κ3) is 6.35. The van der Waals surface area contributed by atoms with Crippen LogP contribution in [-0.4, -0.2) is 35.1 Å². The van der Waals surface area contributed by atoms with E-state index in [9.17, 15) is 4.79 Å². The number of rotatable bonds is 6. The molecule has 4 N–H and O–H groups in total. The first-order chi connectivity index (χ1) is 9.92. The van der Waals surface area contributed by atoms with Crippen LogP contribution in [0.4, 0.5) is 10.5 Å². The second-order valence-corrected chi connectivity index (χ2v) is 5.55. The predicted octanol–water partition coefficient (Wildman–Crippen LogP) is 2.97. The highest BCUT2D eigenvalue weighted by molar-refractivity contribution is 6.30. The van der Waals surface area contributed by atoms with E-state index in [4.69, 9.17) is 22.5 Å². The zero-order valence-corrected chi connectivity index (χ0v) is 13.0. The fourth-order valence-corrected chi connectivity index (χ4v) is 1.88. The number of amidine groups is 1. The number of anilines is 1. The molecule has 0 saturated carbocycles. The van der Waals surface area contributed by atoms with Gasteiger partial charge >= 0.3 is 6.03 Å². The van der Waals surface area contributed by atoms with Crippen LogP contribution in [0.3, 0.4) is 0 Å². The number of nitrogens with zero attached hydrogens (tertiary/aromatic N) is 2. The minimum atomic E-state index is -0.225. The van der Waals surface area contributed by atoms with Crippen LogP contribution in [0, 0.1) is 5.92 Å². The van der Waals surface area contributed by atoms with E-state index in [1.54, 1.807) is 29.2 Å². The molecular formula is C14H21ClN4O2. The topological polar surface area (TPSA) is 90.9 Å². The maximum absolute atomic E-state index is 12.3. The molecule has 116 valence electrons. The number of oxime groups is 1. The minimum absolute atomic E-state index is 0.100. The van der Waals surface area contributed by atoms with E-state index in [1.165, 1.54) is 0 Å². The Morgan fingerprint density at radius 3 is 2.57 bits per heavy atom. The normalized spacial score (nSPS) is 11.5. The lowest BCUT2D eigenvalue weighted by atomic mass is 10.2. The van der Waals surface area contributed by atoms with Crippen LogP contribution in [-0.2, 0) is 0 Å². The van der Waals surface area contributed by atoms with Crippen molar-refractivity contribution in [1.82, 2.24) is 4.90 Å². The van der Waals surface area contributed by atoms with Crippen molar-refractivity contribution in [3.8, 4) is 0 Å². The summed E-state index contributed by atoms with van der Waals surface area (Å²) in [5, 5.41) is 14.9. The summed E-state index contributed by atoms with van der Waals surface area (Å²) in [5.74, 6) is 0.413. The van der Waals surface area contributed by atoms with Crippen molar-refractivity contribution in [3.05, 3.63) is 29.3 Å². The Balaban J connectivity index is 2.67. The van der Waals surface area contributed by atoms with Crippen molar-refractivity contribution < 1.29 is 10.0 Å². The molecule has 0 aliphatic rings. The van der Waals surface area contributed by atoms with E-state index in [0.717, 1.165) is 0 Å². The van der Waals surface area contributed by atoms with E-state index in [-0.39, 0.29) is 11.9 Å². The summed E-state index contributed by atoms with van der Waals surface area (Å²) in [6, 6.07) is 6.66. The Bertz CT molecular complexity index is 488. The quantitative estimate of drug-likeness (QED) is 0.326. The first-order valence-corrected chi connectivity index (χ1v) is 7.08. The summed E-state index contributed by atoms with van der Waals surface area (Å²) in [6.45, 7) is 5.00. The number of nitrogens with two attached hydrogens (primary N) is 1. The highest BCUT2D eigenvalue weighted by Gasteiger charge is 2.15. The predicted molar refractivity (Wildman–Crippen MR) is 84.9 cm³/mol. The maximum atomic E-state index is 12.3. The Hall–Kier alpha value is -1.95. The fourth-order valence-electron chi connectivity index (χ4n) is 1.75. The Morgan fingerprint density at radius 2 is 2.05 bits per heavy atom. The molecule has 0 spiro atoms. The number of nitrogens with one attached hydrogen (secondary N) is 1. The fraction of sp³-hybridized carbons (Fsp3) is 0.429. The molecule has 1 aromatic rings. The van der Waals surface area contributed by atoms with Crippen LogP contribution in [0.5, 0.6) is 0 Å². The summed E-state index contributed by atoms with van der Waals surface area (Å²) in [6.07, 6.45) is 0.317. The lowest BCUT2D eigenvalue weighted by molar-refractivity contribution is 0.206. The van der Waals surface area contributed by atoms with Gasteiger partial charge < -0.3 is 21.2 Å². The van der Waals surface area contributed by atoms with Crippen LogP contribution in [0.25, 0.3) is 0 Å². The zero-order chi connectivity index (χ0) is 15.8. The highest BCUT2D eigenvalue weighted by atomic mass is 35.5. The van der Waals surface area contributed by atoms with Gasteiger partial charge in [0.1, 0.15) is 5.84 Å². The van der Waals surface area contributed by atoms with E-state index in [2.05, 4.69) is 10.5 Å². The van der Waals surface area contributed by atoms with Crippen LogP contribution >= 0.6 is 11.6 Å². The molecule has 0 unspecified atom stereocenters. The van der Waals surface area contributed by atoms with Gasteiger partial charge in [-0.2, -0.15) is 0 Å². The summed E-state index contributed by atoms with van der Waals surface area (Å²) in [5.41, 5.74) is 6.12. The van der Waals surface area contributed by atoms with Crippen LogP contribution < -0.4 is 11.1 Å². The monoisotopic (exact) mass is 312 g/mol.